The lowest BCUT2D eigenvalue weighted by atomic mass is 10.1. The molecule has 0 saturated heterocycles. The lowest BCUT2D eigenvalue weighted by molar-refractivity contribution is 0.564. The number of nitrogens with one attached hydrogen (secondary N) is 1. The van der Waals surface area contributed by atoms with E-state index in [9.17, 15) is 4.39 Å². The van der Waals surface area contributed by atoms with Gasteiger partial charge < -0.3 is 10.7 Å². The lowest BCUT2D eigenvalue weighted by Gasteiger charge is -2.06. The second-order valence-corrected chi connectivity index (χ2v) is 3.12. The molecule has 1 atom stereocenters. The molecule has 1 saturated carbocycles. The molecule has 3 N–H and O–H groups in total. The van der Waals surface area contributed by atoms with Crippen molar-refractivity contribution in [2.24, 2.45) is 11.7 Å². The van der Waals surface area contributed by atoms with E-state index in [1.807, 2.05) is 0 Å². The van der Waals surface area contributed by atoms with Gasteiger partial charge in [-0.1, -0.05) is 0 Å². The van der Waals surface area contributed by atoms with Crippen LogP contribution in [0.25, 0.3) is 0 Å². The fourth-order valence-electron chi connectivity index (χ4n) is 1.29. The third-order valence-electron chi connectivity index (χ3n) is 2.16. The first-order valence-corrected chi connectivity index (χ1v) is 3.87. The van der Waals surface area contributed by atoms with E-state index in [0.29, 0.717) is 5.92 Å². The van der Waals surface area contributed by atoms with Crippen LogP contribution in [0, 0.1) is 11.9 Å². The summed E-state index contributed by atoms with van der Waals surface area (Å²) in [5.41, 5.74) is 6.64. The number of H-pyrrole nitrogens is 1. The maximum Gasteiger partial charge on any atom is 0.191 e. The summed E-state index contributed by atoms with van der Waals surface area (Å²) in [4.78, 5) is 2.61. The van der Waals surface area contributed by atoms with Gasteiger partial charge in [-0.15, -0.1) is 0 Å². The molecule has 1 fully saturated rings. The van der Waals surface area contributed by atoms with Crippen LogP contribution in [-0.2, 0) is 0 Å². The molecule has 0 spiro atoms. The van der Waals surface area contributed by atoms with E-state index >= 15 is 0 Å². The standard InChI is InChI=1S/C8H11FN2/c9-7-4-3-6(11-7)8(10)5-1-2-5/h3-5,8,11H,1-2,10H2. The molecule has 3 heteroatoms. The minimum atomic E-state index is -0.295. The van der Waals surface area contributed by atoms with Crippen LogP contribution >= 0.6 is 0 Å². The third kappa shape index (κ3) is 1.28. The molecule has 1 unspecified atom stereocenters. The van der Waals surface area contributed by atoms with Crippen molar-refractivity contribution < 1.29 is 4.39 Å². The highest BCUT2D eigenvalue weighted by Gasteiger charge is 2.30. The van der Waals surface area contributed by atoms with E-state index in [1.165, 1.54) is 18.9 Å². The molecule has 0 bridgehead atoms. The second kappa shape index (κ2) is 2.34. The zero-order valence-electron chi connectivity index (χ0n) is 6.18. The van der Waals surface area contributed by atoms with Crippen molar-refractivity contribution in [2.75, 3.05) is 0 Å². The Morgan fingerprint density at radius 3 is 2.73 bits per heavy atom. The average molecular weight is 154 g/mol. The van der Waals surface area contributed by atoms with Crippen molar-refractivity contribution in [1.29, 1.82) is 0 Å². The quantitative estimate of drug-likeness (QED) is 0.667. The lowest BCUT2D eigenvalue weighted by Crippen LogP contribution is -2.12. The zero-order chi connectivity index (χ0) is 7.84. The Morgan fingerprint density at radius 1 is 1.55 bits per heavy atom. The van der Waals surface area contributed by atoms with Gasteiger partial charge >= 0.3 is 0 Å². The first-order valence-electron chi connectivity index (χ1n) is 3.87. The number of rotatable bonds is 2. The number of aromatic amines is 1. The maximum absolute atomic E-state index is 12.5. The van der Waals surface area contributed by atoms with Crippen LogP contribution in [0.2, 0.25) is 0 Å². The van der Waals surface area contributed by atoms with E-state index in [2.05, 4.69) is 4.98 Å². The monoisotopic (exact) mass is 154 g/mol. The highest BCUT2D eigenvalue weighted by molar-refractivity contribution is 5.12. The third-order valence-corrected chi connectivity index (χ3v) is 2.16. The normalized spacial score (nSPS) is 20.2. The van der Waals surface area contributed by atoms with Gasteiger partial charge in [-0.05, 0) is 30.9 Å². The van der Waals surface area contributed by atoms with Crippen molar-refractivity contribution in [2.45, 2.75) is 18.9 Å². The van der Waals surface area contributed by atoms with Crippen molar-refractivity contribution in [3.63, 3.8) is 0 Å². The summed E-state index contributed by atoms with van der Waals surface area (Å²) in [7, 11) is 0. The smallest absolute Gasteiger partial charge is 0.191 e. The first-order chi connectivity index (χ1) is 5.27. The van der Waals surface area contributed by atoms with Gasteiger partial charge in [-0.25, -0.2) is 0 Å². The van der Waals surface area contributed by atoms with E-state index in [1.54, 1.807) is 6.07 Å². The predicted octanol–water partition coefficient (Wildman–Crippen LogP) is 1.56. The van der Waals surface area contributed by atoms with Gasteiger partial charge in [-0.2, -0.15) is 4.39 Å². The fourth-order valence-corrected chi connectivity index (χ4v) is 1.29. The highest BCUT2D eigenvalue weighted by atomic mass is 19.1. The van der Waals surface area contributed by atoms with Crippen molar-refractivity contribution >= 4 is 0 Å². The molecule has 1 aliphatic rings. The average Bonchev–Trinajstić information content (AvgIpc) is 2.74. The largest absolute Gasteiger partial charge is 0.334 e. The molecule has 0 aromatic carbocycles. The topological polar surface area (TPSA) is 41.8 Å². The number of aromatic nitrogens is 1. The predicted molar refractivity (Wildman–Crippen MR) is 40.4 cm³/mol. The Hall–Kier alpha value is -0.830. The number of hydrogen-bond acceptors (Lipinski definition) is 1. The van der Waals surface area contributed by atoms with Gasteiger partial charge in [0.15, 0.2) is 5.95 Å². The van der Waals surface area contributed by atoms with Crippen LogP contribution in [0.1, 0.15) is 24.6 Å². The van der Waals surface area contributed by atoms with Crippen LogP contribution in [-0.4, -0.2) is 4.98 Å². The SMILES string of the molecule is NC(c1ccc(F)[nH]1)C1CC1. The Morgan fingerprint density at radius 2 is 2.27 bits per heavy atom. The van der Waals surface area contributed by atoms with E-state index in [0.717, 1.165) is 5.69 Å². The molecule has 11 heavy (non-hydrogen) atoms. The first kappa shape index (κ1) is 6.85. The maximum atomic E-state index is 12.5. The summed E-state index contributed by atoms with van der Waals surface area (Å²) in [5.74, 6) is 0.282. The second-order valence-electron chi connectivity index (χ2n) is 3.12. The van der Waals surface area contributed by atoms with Crippen molar-refractivity contribution in [3.8, 4) is 0 Å². The van der Waals surface area contributed by atoms with Crippen LogP contribution in [0.3, 0.4) is 0 Å². The highest BCUT2D eigenvalue weighted by Crippen LogP contribution is 2.38. The summed E-state index contributed by atoms with van der Waals surface area (Å²) in [6, 6.07) is 3.15. The molecule has 0 amide bonds. The molecule has 60 valence electrons. The molecule has 2 nitrogen and oxygen atoms in total. The summed E-state index contributed by atoms with van der Waals surface area (Å²) in [6.45, 7) is 0. The van der Waals surface area contributed by atoms with Gasteiger partial charge in [0.2, 0.25) is 0 Å². The Bertz CT molecular complexity index is 252. The van der Waals surface area contributed by atoms with Crippen LogP contribution in [0.5, 0.6) is 0 Å². The van der Waals surface area contributed by atoms with Gasteiger partial charge in [-0.3, -0.25) is 0 Å². The van der Waals surface area contributed by atoms with Gasteiger partial charge in [0, 0.05) is 11.7 Å². The number of hydrogen-bond donors (Lipinski definition) is 2. The van der Waals surface area contributed by atoms with Gasteiger partial charge in [0.25, 0.3) is 0 Å². The number of halogens is 1. The van der Waals surface area contributed by atoms with Crippen molar-refractivity contribution in [3.05, 3.63) is 23.8 Å². The van der Waals surface area contributed by atoms with E-state index < -0.39 is 0 Å². The minimum absolute atomic E-state index is 0.0134. The van der Waals surface area contributed by atoms with Crippen LogP contribution in [0.15, 0.2) is 12.1 Å². The molecular formula is C8H11FN2. The van der Waals surface area contributed by atoms with Crippen LogP contribution in [0.4, 0.5) is 4.39 Å². The van der Waals surface area contributed by atoms with Crippen molar-refractivity contribution in [1.82, 2.24) is 4.98 Å². The van der Waals surface area contributed by atoms with E-state index in [4.69, 9.17) is 5.73 Å². The molecular weight excluding hydrogens is 143 g/mol. The molecule has 0 aliphatic heterocycles. The van der Waals surface area contributed by atoms with Gasteiger partial charge in [0.1, 0.15) is 0 Å². The summed E-state index contributed by atoms with van der Waals surface area (Å²) in [6.07, 6.45) is 2.36. The summed E-state index contributed by atoms with van der Waals surface area (Å²) >= 11 is 0. The molecule has 1 heterocycles. The number of nitrogens with two attached hydrogens (primary N) is 1. The Kier molecular flexibility index (Phi) is 1.46. The Balaban J connectivity index is 2.14. The zero-order valence-corrected chi connectivity index (χ0v) is 6.18. The fraction of sp³-hybridized carbons (Fsp3) is 0.500. The molecule has 1 aromatic heterocycles. The molecule has 0 radical (unpaired) electrons. The molecule has 1 aromatic rings. The molecule has 2 rings (SSSR count). The summed E-state index contributed by atoms with van der Waals surface area (Å²) < 4.78 is 12.5. The Labute approximate surface area is 64.6 Å². The molecule has 1 aliphatic carbocycles. The van der Waals surface area contributed by atoms with E-state index in [-0.39, 0.29) is 12.0 Å². The van der Waals surface area contributed by atoms with Gasteiger partial charge in [0.05, 0.1) is 0 Å². The summed E-state index contributed by atoms with van der Waals surface area (Å²) in [5, 5.41) is 0. The van der Waals surface area contributed by atoms with Crippen LogP contribution < -0.4 is 5.73 Å². The minimum Gasteiger partial charge on any atom is -0.334 e.